The number of carbonyl (C=O) groups is 2. The van der Waals surface area contributed by atoms with Crippen molar-refractivity contribution in [3.8, 4) is 0 Å². The Hall–Kier alpha value is -3.21. The third-order valence-corrected chi connectivity index (χ3v) is 5.45. The summed E-state index contributed by atoms with van der Waals surface area (Å²) in [6.07, 6.45) is 4.47. The standard InChI is InChI=1S/C24H24N2O3/c1-16-21(24(28)29-15-13-17-8-3-2-4-9-17)23(18-10-5-6-14-25-18)22-19(26-16)11-7-12-20(22)27/h2-6,8-10,14,23,26H,7,11-13,15H2,1H3/t23-/m0/s1. The van der Waals surface area contributed by atoms with Crippen LogP contribution in [0.2, 0.25) is 0 Å². The van der Waals surface area contributed by atoms with E-state index in [4.69, 9.17) is 4.74 Å². The van der Waals surface area contributed by atoms with E-state index in [1.165, 1.54) is 0 Å². The number of carbonyl (C=O) groups excluding carboxylic acids is 2. The molecule has 29 heavy (non-hydrogen) atoms. The molecule has 0 unspecified atom stereocenters. The van der Waals surface area contributed by atoms with Gasteiger partial charge in [-0.3, -0.25) is 9.78 Å². The lowest BCUT2D eigenvalue weighted by atomic mass is 9.77. The lowest BCUT2D eigenvalue weighted by Gasteiger charge is -2.33. The highest BCUT2D eigenvalue weighted by Gasteiger charge is 2.39. The number of aromatic nitrogens is 1. The average Bonchev–Trinajstić information content (AvgIpc) is 2.74. The predicted molar refractivity (Wildman–Crippen MR) is 110 cm³/mol. The minimum absolute atomic E-state index is 0.0801. The van der Waals surface area contributed by atoms with Gasteiger partial charge in [0.2, 0.25) is 0 Å². The molecular weight excluding hydrogens is 364 g/mol. The van der Waals surface area contributed by atoms with E-state index in [-0.39, 0.29) is 12.4 Å². The molecule has 0 spiro atoms. The highest BCUT2D eigenvalue weighted by Crippen LogP contribution is 2.41. The maximum Gasteiger partial charge on any atom is 0.336 e. The number of esters is 1. The van der Waals surface area contributed by atoms with Crippen LogP contribution in [0.5, 0.6) is 0 Å². The zero-order valence-electron chi connectivity index (χ0n) is 16.5. The van der Waals surface area contributed by atoms with Gasteiger partial charge >= 0.3 is 5.97 Å². The van der Waals surface area contributed by atoms with Crippen LogP contribution < -0.4 is 5.32 Å². The van der Waals surface area contributed by atoms with Crippen LogP contribution in [0.15, 0.2) is 77.3 Å². The van der Waals surface area contributed by atoms with Crippen LogP contribution in [-0.2, 0) is 20.7 Å². The Morgan fingerprint density at radius 1 is 1.14 bits per heavy atom. The first-order valence-electron chi connectivity index (χ1n) is 10.0. The molecule has 5 nitrogen and oxygen atoms in total. The molecule has 1 atom stereocenters. The normalized spacial score (nSPS) is 18.9. The highest BCUT2D eigenvalue weighted by atomic mass is 16.5. The highest BCUT2D eigenvalue weighted by molar-refractivity contribution is 6.03. The molecule has 1 aliphatic heterocycles. The molecule has 0 amide bonds. The Kier molecular flexibility index (Phi) is 5.56. The van der Waals surface area contributed by atoms with Crippen LogP contribution in [0.4, 0.5) is 0 Å². The molecular formula is C24H24N2O3. The Balaban J connectivity index is 1.61. The summed E-state index contributed by atoms with van der Waals surface area (Å²) in [6.45, 7) is 2.15. The summed E-state index contributed by atoms with van der Waals surface area (Å²) in [5.74, 6) is -0.799. The van der Waals surface area contributed by atoms with E-state index in [0.29, 0.717) is 29.7 Å². The van der Waals surface area contributed by atoms with Gasteiger partial charge in [-0.05, 0) is 37.5 Å². The summed E-state index contributed by atoms with van der Waals surface area (Å²) in [7, 11) is 0. The molecule has 0 bridgehead atoms. The van der Waals surface area contributed by atoms with E-state index in [0.717, 1.165) is 29.8 Å². The van der Waals surface area contributed by atoms with Crippen molar-refractivity contribution in [2.75, 3.05) is 6.61 Å². The second-order valence-corrected chi connectivity index (χ2v) is 7.39. The number of nitrogens with zero attached hydrogens (tertiary/aromatic N) is 1. The monoisotopic (exact) mass is 388 g/mol. The Labute approximate surface area is 170 Å². The smallest absolute Gasteiger partial charge is 0.336 e. The SMILES string of the molecule is CC1=C(C(=O)OCCc2ccccc2)[C@H](c2ccccn2)C2=C(CCCC2=O)N1. The number of allylic oxidation sites excluding steroid dienone is 3. The van der Waals surface area contributed by atoms with E-state index in [9.17, 15) is 9.59 Å². The van der Waals surface area contributed by atoms with Gasteiger partial charge in [0.1, 0.15) is 0 Å². The van der Waals surface area contributed by atoms with Crippen molar-refractivity contribution in [2.24, 2.45) is 0 Å². The summed E-state index contributed by atoms with van der Waals surface area (Å²) in [4.78, 5) is 30.3. The zero-order valence-corrected chi connectivity index (χ0v) is 16.5. The second-order valence-electron chi connectivity index (χ2n) is 7.39. The van der Waals surface area contributed by atoms with Gasteiger partial charge in [0.15, 0.2) is 5.78 Å². The Bertz CT molecular complexity index is 978. The quantitative estimate of drug-likeness (QED) is 0.789. The summed E-state index contributed by atoms with van der Waals surface area (Å²) in [5.41, 5.74) is 4.60. The fourth-order valence-electron chi connectivity index (χ4n) is 4.08. The van der Waals surface area contributed by atoms with E-state index in [2.05, 4.69) is 10.3 Å². The topological polar surface area (TPSA) is 68.3 Å². The van der Waals surface area contributed by atoms with Crippen LogP contribution in [-0.4, -0.2) is 23.3 Å². The van der Waals surface area contributed by atoms with Crippen molar-refractivity contribution in [3.05, 3.63) is 88.5 Å². The van der Waals surface area contributed by atoms with Crippen molar-refractivity contribution < 1.29 is 14.3 Å². The maximum absolute atomic E-state index is 13.1. The molecule has 5 heteroatoms. The van der Waals surface area contributed by atoms with Crippen LogP contribution in [0.25, 0.3) is 0 Å². The van der Waals surface area contributed by atoms with Gasteiger partial charge in [-0.2, -0.15) is 0 Å². The Morgan fingerprint density at radius 2 is 1.93 bits per heavy atom. The third-order valence-electron chi connectivity index (χ3n) is 5.45. The summed E-state index contributed by atoms with van der Waals surface area (Å²) in [5, 5.41) is 3.30. The lowest BCUT2D eigenvalue weighted by Crippen LogP contribution is -2.34. The predicted octanol–water partition coefficient (Wildman–Crippen LogP) is 3.84. The molecule has 4 rings (SSSR count). The first-order chi connectivity index (χ1) is 14.1. The van der Waals surface area contributed by atoms with Crippen LogP contribution in [0.3, 0.4) is 0 Å². The zero-order chi connectivity index (χ0) is 20.2. The van der Waals surface area contributed by atoms with Gasteiger partial charge in [0, 0.05) is 36.0 Å². The van der Waals surface area contributed by atoms with Crippen LogP contribution in [0, 0.1) is 0 Å². The van der Waals surface area contributed by atoms with Gasteiger partial charge in [0.25, 0.3) is 0 Å². The van der Waals surface area contributed by atoms with Crippen LogP contribution >= 0.6 is 0 Å². The fraction of sp³-hybridized carbons (Fsp3) is 0.292. The van der Waals surface area contributed by atoms with Gasteiger partial charge in [-0.15, -0.1) is 0 Å². The number of pyridine rings is 1. The molecule has 1 N–H and O–H groups in total. The number of benzene rings is 1. The number of hydrogen-bond donors (Lipinski definition) is 1. The van der Waals surface area contributed by atoms with Gasteiger partial charge in [-0.1, -0.05) is 36.4 Å². The van der Waals surface area contributed by atoms with E-state index < -0.39 is 11.9 Å². The number of ether oxygens (including phenoxy) is 1. The molecule has 2 heterocycles. The van der Waals surface area contributed by atoms with Crippen molar-refractivity contribution in [1.82, 2.24) is 10.3 Å². The molecule has 1 aliphatic carbocycles. The first-order valence-corrected chi connectivity index (χ1v) is 10.0. The van der Waals surface area contributed by atoms with E-state index in [1.807, 2.05) is 55.5 Å². The van der Waals surface area contributed by atoms with Gasteiger partial charge in [-0.25, -0.2) is 4.79 Å². The molecule has 1 aromatic carbocycles. The molecule has 1 aromatic heterocycles. The molecule has 148 valence electrons. The number of nitrogens with one attached hydrogen (secondary N) is 1. The van der Waals surface area contributed by atoms with Gasteiger partial charge in [0.05, 0.1) is 23.8 Å². The maximum atomic E-state index is 13.1. The Morgan fingerprint density at radius 3 is 2.69 bits per heavy atom. The largest absolute Gasteiger partial charge is 0.462 e. The average molecular weight is 388 g/mol. The summed E-state index contributed by atoms with van der Waals surface area (Å²) < 4.78 is 5.62. The van der Waals surface area contributed by atoms with Crippen molar-refractivity contribution in [3.63, 3.8) is 0 Å². The van der Waals surface area contributed by atoms with Gasteiger partial charge < -0.3 is 10.1 Å². The molecule has 2 aromatic rings. The van der Waals surface area contributed by atoms with Crippen molar-refractivity contribution in [1.29, 1.82) is 0 Å². The number of dihydropyridines is 1. The number of rotatable bonds is 5. The first kappa shape index (κ1) is 19.1. The molecule has 0 saturated carbocycles. The molecule has 0 fully saturated rings. The minimum Gasteiger partial charge on any atom is -0.462 e. The summed E-state index contributed by atoms with van der Waals surface area (Å²) >= 11 is 0. The molecule has 0 radical (unpaired) electrons. The molecule has 0 saturated heterocycles. The minimum atomic E-state index is -0.482. The summed E-state index contributed by atoms with van der Waals surface area (Å²) in [6, 6.07) is 15.5. The van der Waals surface area contributed by atoms with Crippen LogP contribution in [0.1, 0.15) is 43.4 Å². The fourth-order valence-corrected chi connectivity index (χ4v) is 4.08. The van der Waals surface area contributed by atoms with Crippen molar-refractivity contribution in [2.45, 2.75) is 38.5 Å². The molecule has 2 aliphatic rings. The second kappa shape index (κ2) is 8.43. The van der Waals surface area contributed by atoms with E-state index >= 15 is 0 Å². The van der Waals surface area contributed by atoms with Crippen molar-refractivity contribution >= 4 is 11.8 Å². The third kappa shape index (κ3) is 3.99. The number of hydrogen-bond acceptors (Lipinski definition) is 5. The number of Topliss-reactive ketones (excluding diaryl/α,β-unsaturated/α-hetero) is 1. The van der Waals surface area contributed by atoms with E-state index in [1.54, 1.807) is 6.20 Å². The number of ketones is 1. The lowest BCUT2D eigenvalue weighted by molar-refractivity contribution is -0.139.